The third kappa shape index (κ3) is 2.59. The summed E-state index contributed by atoms with van der Waals surface area (Å²) in [4.78, 5) is 21.4. The van der Waals surface area contributed by atoms with E-state index in [1.54, 1.807) is 6.20 Å². The molecule has 0 aliphatic carbocycles. The molecule has 7 nitrogen and oxygen atoms in total. The van der Waals surface area contributed by atoms with Crippen LogP contribution in [0.25, 0.3) is 5.52 Å². The molecule has 1 N–H and O–H groups in total. The molecule has 7 heteroatoms. The van der Waals surface area contributed by atoms with E-state index >= 15 is 0 Å². The van der Waals surface area contributed by atoms with E-state index in [1.807, 2.05) is 60.5 Å². The Balaban J connectivity index is 1.60. The maximum Gasteiger partial charge on any atom is 0.226 e. The van der Waals surface area contributed by atoms with E-state index in [9.17, 15) is 4.79 Å². The first-order valence-electron chi connectivity index (χ1n) is 8.89. The van der Waals surface area contributed by atoms with Crippen LogP contribution in [-0.2, 0) is 11.3 Å². The number of anilines is 1. The average Bonchev–Trinajstić information content (AvgIpc) is 3.24. The number of amides is 1. The summed E-state index contributed by atoms with van der Waals surface area (Å²) in [6.45, 7) is 2.53. The number of rotatable bonds is 3. The van der Waals surface area contributed by atoms with E-state index in [-0.39, 0.29) is 11.8 Å². The SMILES string of the molecule is Cc1nc([C@H]2CC(=O)Nc3c2cnn3Cc2cccnc2)c2ccccn12. The van der Waals surface area contributed by atoms with Gasteiger partial charge in [-0.3, -0.25) is 9.78 Å². The van der Waals surface area contributed by atoms with Gasteiger partial charge in [-0.15, -0.1) is 0 Å². The van der Waals surface area contributed by atoms with Gasteiger partial charge in [0.15, 0.2) is 0 Å². The predicted molar refractivity (Wildman–Crippen MR) is 101 cm³/mol. The lowest BCUT2D eigenvalue weighted by molar-refractivity contribution is -0.116. The fourth-order valence-corrected chi connectivity index (χ4v) is 3.77. The van der Waals surface area contributed by atoms with E-state index in [1.165, 1.54) is 0 Å². The molecule has 4 aromatic rings. The fourth-order valence-electron chi connectivity index (χ4n) is 3.77. The van der Waals surface area contributed by atoms with Gasteiger partial charge in [-0.05, 0) is 30.7 Å². The first-order valence-corrected chi connectivity index (χ1v) is 8.89. The molecule has 1 amide bonds. The lowest BCUT2D eigenvalue weighted by Gasteiger charge is -2.22. The second kappa shape index (κ2) is 6.05. The van der Waals surface area contributed by atoms with Crippen molar-refractivity contribution in [3.05, 3.63) is 77.8 Å². The minimum absolute atomic E-state index is 0.0184. The minimum atomic E-state index is -0.109. The minimum Gasteiger partial charge on any atom is -0.311 e. The molecule has 5 rings (SSSR count). The second-order valence-corrected chi connectivity index (χ2v) is 6.77. The predicted octanol–water partition coefficient (Wildman–Crippen LogP) is 2.76. The van der Waals surface area contributed by atoms with Crippen molar-refractivity contribution in [2.24, 2.45) is 0 Å². The van der Waals surface area contributed by atoms with Crippen LogP contribution in [0, 0.1) is 6.92 Å². The van der Waals surface area contributed by atoms with Crippen molar-refractivity contribution in [1.82, 2.24) is 24.1 Å². The molecule has 0 unspecified atom stereocenters. The number of hydrogen-bond acceptors (Lipinski definition) is 4. The van der Waals surface area contributed by atoms with Crippen LogP contribution in [0.2, 0.25) is 0 Å². The van der Waals surface area contributed by atoms with Crippen molar-refractivity contribution < 1.29 is 4.79 Å². The van der Waals surface area contributed by atoms with E-state index in [0.717, 1.165) is 34.0 Å². The van der Waals surface area contributed by atoms with Crippen LogP contribution in [0.1, 0.15) is 35.0 Å². The third-order valence-corrected chi connectivity index (χ3v) is 5.03. The van der Waals surface area contributed by atoms with Crippen LogP contribution in [0.3, 0.4) is 0 Å². The summed E-state index contributed by atoms with van der Waals surface area (Å²) in [5.74, 6) is 1.53. The lowest BCUT2D eigenvalue weighted by atomic mass is 9.90. The zero-order valence-corrected chi connectivity index (χ0v) is 14.8. The Kier molecular flexibility index (Phi) is 3.53. The molecule has 134 valence electrons. The molecule has 1 aliphatic rings. The number of pyridine rings is 2. The maximum atomic E-state index is 12.5. The first kappa shape index (κ1) is 15.7. The Morgan fingerprint density at radius 2 is 2.15 bits per heavy atom. The molecule has 0 aromatic carbocycles. The van der Waals surface area contributed by atoms with Gasteiger partial charge in [0, 0.05) is 36.5 Å². The number of aryl methyl sites for hydroxylation is 1. The van der Waals surface area contributed by atoms with Crippen molar-refractivity contribution in [2.75, 3.05) is 5.32 Å². The monoisotopic (exact) mass is 358 g/mol. The third-order valence-electron chi connectivity index (χ3n) is 5.03. The standard InChI is InChI=1S/C20H18N6O/c1-13-23-19(17-6-2-3-8-25(13)17)15-9-18(27)24-20-16(15)11-22-26(20)12-14-5-4-7-21-10-14/h2-8,10-11,15H,9,12H2,1H3,(H,24,27)/t15-/m0/s1. The molecule has 0 bridgehead atoms. The van der Waals surface area contributed by atoms with E-state index < -0.39 is 0 Å². The van der Waals surface area contributed by atoms with Gasteiger partial charge in [0.2, 0.25) is 5.91 Å². The molecule has 0 saturated carbocycles. The smallest absolute Gasteiger partial charge is 0.226 e. The molecule has 5 heterocycles. The number of nitrogens with zero attached hydrogens (tertiary/aromatic N) is 5. The maximum absolute atomic E-state index is 12.5. The highest BCUT2D eigenvalue weighted by Crippen LogP contribution is 2.38. The van der Waals surface area contributed by atoms with E-state index in [0.29, 0.717) is 13.0 Å². The van der Waals surface area contributed by atoms with Gasteiger partial charge in [-0.2, -0.15) is 5.10 Å². The molecule has 1 aliphatic heterocycles. The first-order chi connectivity index (χ1) is 13.2. The highest BCUT2D eigenvalue weighted by atomic mass is 16.1. The number of imidazole rings is 1. The van der Waals surface area contributed by atoms with Gasteiger partial charge in [0.05, 0.1) is 24.0 Å². The van der Waals surface area contributed by atoms with Crippen molar-refractivity contribution >= 4 is 17.2 Å². The average molecular weight is 358 g/mol. The largest absolute Gasteiger partial charge is 0.311 e. The van der Waals surface area contributed by atoms with Gasteiger partial charge < -0.3 is 9.72 Å². The van der Waals surface area contributed by atoms with Crippen molar-refractivity contribution in [1.29, 1.82) is 0 Å². The topological polar surface area (TPSA) is 77.1 Å². The van der Waals surface area contributed by atoms with Crippen LogP contribution in [0.4, 0.5) is 5.82 Å². The summed E-state index contributed by atoms with van der Waals surface area (Å²) in [6, 6.07) is 9.91. The molecule has 1 atom stereocenters. The Morgan fingerprint density at radius 3 is 3.00 bits per heavy atom. The second-order valence-electron chi connectivity index (χ2n) is 6.77. The Bertz CT molecular complexity index is 1140. The number of fused-ring (bicyclic) bond motifs is 2. The number of carbonyl (C=O) groups is 1. The highest BCUT2D eigenvalue weighted by molar-refractivity contribution is 5.94. The summed E-state index contributed by atoms with van der Waals surface area (Å²) in [7, 11) is 0. The van der Waals surface area contributed by atoms with Gasteiger partial charge >= 0.3 is 0 Å². The van der Waals surface area contributed by atoms with Crippen molar-refractivity contribution in [2.45, 2.75) is 25.8 Å². The van der Waals surface area contributed by atoms with E-state index in [4.69, 9.17) is 4.98 Å². The van der Waals surface area contributed by atoms with Crippen LogP contribution in [0.15, 0.2) is 55.1 Å². The molecule has 0 saturated heterocycles. The molecule has 0 spiro atoms. The number of hydrogen-bond donors (Lipinski definition) is 1. The Labute approximate surface area is 155 Å². The molecule has 0 radical (unpaired) electrons. The quantitative estimate of drug-likeness (QED) is 0.611. The molecule has 4 aromatic heterocycles. The summed E-state index contributed by atoms with van der Waals surface area (Å²) in [5.41, 5.74) is 3.98. The summed E-state index contributed by atoms with van der Waals surface area (Å²) < 4.78 is 3.88. The van der Waals surface area contributed by atoms with Gasteiger partial charge in [-0.1, -0.05) is 12.1 Å². The molecule has 27 heavy (non-hydrogen) atoms. The van der Waals surface area contributed by atoms with Crippen LogP contribution in [-0.4, -0.2) is 30.1 Å². The zero-order chi connectivity index (χ0) is 18.4. The molecule has 0 fully saturated rings. The summed E-state index contributed by atoms with van der Waals surface area (Å²) >= 11 is 0. The highest BCUT2D eigenvalue weighted by Gasteiger charge is 2.32. The molecular formula is C20H18N6O. The fraction of sp³-hybridized carbons (Fsp3) is 0.200. The number of nitrogens with one attached hydrogen (secondary N) is 1. The van der Waals surface area contributed by atoms with Crippen molar-refractivity contribution in [3.8, 4) is 0 Å². The number of aromatic nitrogens is 5. The van der Waals surface area contributed by atoms with Gasteiger partial charge in [-0.25, -0.2) is 9.67 Å². The Hall–Kier alpha value is -3.48. The number of carbonyl (C=O) groups excluding carboxylic acids is 1. The van der Waals surface area contributed by atoms with Gasteiger partial charge in [0.25, 0.3) is 0 Å². The van der Waals surface area contributed by atoms with Crippen LogP contribution in [0.5, 0.6) is 0 Å². The Morgan fingerprint density at radius 1 is 1.22 bits per heavy atom. The lowest BCUT2D eigenvalue weighted by Crippen LogP contribution is -2.25. The summed E-state index contributed by atoms with van der Waals surface area (Å²) in [5, 5.41) is 7.52. The summed E-state index contributed by atoms with van der Waals surface area (Å²) in [6.07, 6.45) is 7.76. The van der Waals surface area contributed by atoms with Gasteiger partial charge in [0.1, 0.15) is 11.6 Å². The van der Waals surface area contributed by atoms with Crippen LogP contribution < -0.4 is 5.32 Å². The normalized spacial score (nSPS) is 16.3. The zero-order valence-electron chi connectivity index (χ0n) is 14.8. The van der Waals surface area contributed by atoms with E-state index in [2.05, 4.69) is 19.8 Å². The molecular weight excluding hydrogens is 340 g/mol. The van der Waals surface area contributed by atoms with Crippen LogP contribution >= 0.6 is 0 Å². The van der Waals surface area contributed by atoms with Crippen molar-refractivity contribution in [3.63, 3.8) is 0 Å².